The largest absolute Gasteiger partial charge is 1.00 e. The van der Waals surface area contributed by atoms with Crippen molar-refractivity contribution in [1.29, 1.82) is 0 Å². The Bertz CT molecular complexity index is 2050. The average Bonchev–Trinajstić information content (AvgIpc) is 2.98. The van der Waals surface area contributed by atoms with Gasteiger partial charge in [0, 0.05) is 0 Å². The maximum atomic E-state index is 12.0. The van der Waals surface area contributed by atoms with Gasteiger partial charge in [-0.05, 0) is 71.8 Å². The molecule has 236 valence electrons. The van der Waals surface area contributed by atoms with E-state index >= 15 is 0 Å². The quantitative estimate of drug-likeness (QED) is 0.0688. The van der Waals surface area contributed by atoms with Gasteiger partial charge < -0.3 is 29.5 Å². The average molecular weight is 713 g/mol. The van der Waals surface area contributed by atoms with Gasteiger partial charge in [-0.2, -0.15) is 20.5 Å². The number of carboxylic acids is 2. The Hall–Kier alpha value is -3.82. The SMILES string of the molecule is O=C(O)c1cc(N=Nc2ccc(/C=C/c3ccc(N=Nc4ccc(O)c(C(=O)O)c4)cc3S(=O)(=O)[O-])c(S(=O)(=O)[O-])c2)ccc1O.[Na+].[Na+]. The molecule has 4 aromatic carbocycles. The molecule has 0 aliphatic rings. The summed E-state index contributed by atoms with van der Waals surface area (Å²) in [5.41, 5.74) is -1.58. The minimum absolute atomic E-state index is 0. The molecule has 0 amide bonds. The van der Waals surface area contributed by atoms with Gasteiger partial charge in [-0.15, -0.1) is 0 Å². The maximum Gasteiger partial charge on any atom is 1.00 e. The monoisotopic (exact) mass is 712 g/mol. The Balaban J connectivity index is 0.00000400. The molecule has 0 saturated carbocycles. The van der Waals surface area contributed by atoms with Crippen LogP contribution in [0.15, 0.2) is 103 Å². The van der Waals surface area contributed by atoms with Crippen LogP contribution in [0.5, 0.6) is 11.5 Å². The molecule has 0 aliphatic carbocycles. The van der Waals surface area contributed by atoms with Crippen molar-refractivity contribution in [3.63, 3.8) is 0 Å². The number of azo groups is 2. The summed E-state index contributed by atoms with van der Waals surface area (Å²) in [5, 5.41) is 52.6. The molecule has 16 nitrogen and oxygen atoms in total. The Morgan fingerprint density at radius 3 is 1.12 bits per heavy atom. The fourth-order valence-corrected chi connectivity index (χ4v) is 5.18. The summed E-state index contributed by atoms with van der Waals surface area (Å²) in [6.07, 6.45) is 2.14. The number of hydrogen-bond acceptors (Lipinski definition) is 14. The first-order valence-electron chi connectivity index (χ1n) is 12.4. The third kappa shape index (κ3) is 10.3. The van der Waals surface area contributed by atoms with E-state index in [2.05, 4.69) is 20.5 Å². The van der Waals surface area contributed by atoms with E-state index in [1.165, 1.54) is 24.3 Å². The Labute approximate surface area is 316 Å². The van der Waals surface area contributed by atoms with E-state index in [1.54, 1.807) is 0 Å². The molecule has 0 radical (unpaired) electrons. The normalized spacial score (nSPS) is 11.8. The molecule has 0 aromatic heterocycles. The van der Waals surface area contributed by atoms with E-state index in [4.69, 9.17) is 10.2 Å². The molecule has 0 atom stereocenters. The number of hydrogen-bond donors (Lipinski definition) is 4. The summed E-state index contributed by atoms with van der Waals surface area (Å²) in [6.45, 7) is 0. The number of phenols is 2. The molecule has 0 unspecified atom stereocenters. The zero-order valence-corrected chi connectivity index (χ0v) is 30.4. The topological polar surface area (TPSA) is 279 Å². The van der Waals surface area contributed by atoms with Crippen molar-refractivity contribution < 1.29 is 115 Å². The summed E-state index contributed by atoms with van der Waals surface area (Å²) >= 11 is 0. The fraction of sp³-hybridized carbons (Fsp3) is 0. The second-order valence-corrected chi connectivity index (χ2v) is 11.8. The molecular weight excluding hydrogens is 694 g/mol. The van der Waals surface area contributed by atoms with Crippen molar-refractivity contribution in [2.45, 2.75) is 9.79 Å². The second-order valence-electron chi connectivity index (χ2n) is 9.10. The van der Waals surface area contributed by atoms with Gasteiger partial charge in [0.1, 0.15) is 42.9 Å². The van der Waals surface area contributed by atoms with Crippen LogP contribution < -0.4 is 59.1 Å². The first-order valence-corrected chi connectivity index (χ1v) is 15.2. The van der Waals surface area contributed by atoms with E-state index in [-0.39, 0.29) is 93.0 Å². The first kappa shape index (κ1) is 40.4. The van der Waals surface area contributed by atoms with Crippen LogP contribution in [0.4, 0.5) is 22.7 Å². The van der Waals surface area contributed by atoms with E-state index in [1.807, 2.05) is 0 Å². The van der Waals surface area contributed by atoms with Gasteiger partial charge in [0.05, 0.1) is 32.5 Å². The summed E-state index contributed by atoms with van der Waals surface area (Å²) in [6, 6.07) is 13.2. The number of rotatable bonds is 10. The number of carboxylic acid groups (broad SMARTS) is 2. The first-order chi connectivity index (χ1) is 21.5. The molecule has 0 heterocycles. The van der Waals surface area contributed by atoms with Crippen molar-refractivity contribution in [3.8, 4) is 11.5 Å². The van der Waals surface area contributed by atoms with Gasteiger partial charge in [0.2, 0.25) is 0 Å². The standard InChI is InChI=1S/C28H20N4O12S2.2Na/c33-23-9-7-17(11-21(23)27(35)36)29-31-19-5-3-15(25(13-19)45(39,40)41)1-2-16-4-6-20(14-26(16)46(42,43)44)32-30-18-8-10-24(34)22(12-18)28(37)38;;/h1-14,33-34H,(H,35,36)(H,37,38)(H,39,40,41)(H,42,43,44);;/q;2*+1/p-2/b2-1+,31-29?,32-30?;;. The summed E-state index contributed by atoms with van der Waals surface area (Å²) in [7, 11) is -10.3. The molecule has 48 heavy (non-hydrogen) atoms. The van der Waals surface area contributed by atoms with Crippen LogP contribution in [-0.4, -0.2) is 58.3 Å². The molecule has 0 spiro atoms. The van der Waals surface area contributed by atoms with Gasteiger partial charge in [0.25, 0.3) is 0 Å². The van der Waals surface area contributed by atoms with Crippen LogP contribution in [0.2, 0.25) is 0 Å². The van der Waals surface area contributed by atoms with Crippen LogP contribution >= 0.6 is 0 Å². The van der Waals surface area contributed by atoms with Gasteiger partial charge in [-0.25, -0.2) is 26.4 Å². The van der Waals surface area contributed by atoms with Gasteiger partial charge in [-0.3, -0.25) is 0 Å². The van der Waals surface area contributed by atoms with Crippen LogP contribution in [0.3, 0.4) is 0 Å². The molecule has 0 bridgehead atoms. The van der Waals surface area contributed by atoms with Crippen LogP contribution in [0.25, 0.3) is 12.2 Å². The third-order valence-electron chi connectivity index (χ3n) is 5.96. The Morgan fingerprint density at radius 1 is 0.542 bits per heavy atom. The minimum atomic E-state index is -5.13. The predicted molar refractivity (Wildman–Crippen MR) is 156 cm³/mol. The zero-order valence-electron chi connectivity index (χ0n) is 24.7. The van der Waals surface area contributed by atoms with Gasteiger partial charge in [-0.1, -0.05) is 24.3 Å². The van der Waals surface area contributed by atoms with E-state index in [0.717, 1.165) is 60.7 Å². The minimum Gasteiger partial charge on any atom is -0.744 e. The summed E-state index contributed by atoms with van der Waals surface area (Å²) in [4.78, 5) is 20.8. The molecule has 20 heteroatoms. The van der Waals surface area contributed by atoms with Crippen molar-refractivity contribution >= 4 is 67.1 Å². The third-order valence-corrected chi connectivity index (χ3v) is 7.74. The van der Waals surface area contributed by atoms with Gasteiger partial charge in [0.15, 0.2) is 0 Å². The van der Waals surface area contributed by atoms with Gasteiger partial charge >= 0.3 is 71.1 Å². The molecule has 4 N–H and O–H groups in total. The van der Waals surface area contributed by atoms with Crippen molar-refractivity contribution in [2.75, 3.05) is 0 Å². The maximum absolute atomic E-state index is 12.0. The second kappa shape index (κ2) is 16.5. The smallest absolute Gasteiger partial charge is 0.744 e. The molecule has 0 fully saturated rings. The molecule has 0 saturated heterocycles. The number of nitrogens with zero attached hydrogens (tertiary/aromatic N) is 4. The van der Waals surface area contributed by atoms with E-state index in [0.29, 0.717) is 0 Å². The van der Waals surface area contributed by atoms with E-state index in [9.17, 15) is 45.7 Å². The molecular formula is C28H18N4Na2O12S2. The van der Waals surface area contributed by atoms with Crippen LogP contribution in [0.1, 0.15) is 31.8 Å². The predicted octanol–water partition coefficient (Wildman–Crippen LogP) is -0.688. The van der Waals surface area contributed by atoms with Crippen molar-refractivity contribution in [1.82, 2.24) is 0 Å². The van der Waals surface area contributed by atoms with Crippen LogP contribution in [0, 0.1) is 0 Å². The number of carbonyl (C=O) groups is 2. The summed E-state index contributed by atoms with van der Waals surface area (Å²) < 4.78 is 72.1. The van der Waals surface area contributed by atoms with Crippen molar-refractivity contribution in [3.05, 3.63) is 95.1 Å². The van der Waals surface area contributed by atoms with Crippen molar-refractivity contribution in [2.24, 2.45) is 20.5 Å². The molecule has 4 aromatic rings. The number of aromatic carboxylic acids is 2. The zero-order chi connectivity index (χ0) is 33.8. The van der Waals surface area contributed by atoms with Crippen LogP contribution in [-0.2, 0) is 20.2 Å². The molecule has 4 rings (SSSR count). The summed E-state index contributed by atoms with van der Waals surface area (Å²) in [5.74, 6) is -3.89. The molecule has 0 aliphatic heterocycles. The number of aromatic hydroxyl groups is 2. The number of benzene rings is 4. The van der Waals surface area contributed by atoms with E-state index < -0.39 is 64.6 Å². The Morgan fingerprint density at radius 2 is 0.833 bits per heavy atom. The fourth-order valence-electron chi connectivity index (χ4n) is 3.80. The Kier molecular flexibility index (Phi) is 13.9.